The predicted molar refractivity (Wildman–Crippen MR) is 79.2 cm³/mol. The Morgan fingerprint density at radius 2 is 2.26 bits per heavy atom. The molecule has 0 radical (unpaired) electrons. The maximum atomic E-state index is 12.2. The summed E-state index contributed by atoms with van der Waals surface area (Å²) < 4.78 is 0. The molecule has 1 aliphatic heterocycles. The Hall–Kier alpha value is -1.22. The van der Waals surface area contributed by atoms with Crippen molar-refractivity contribution in [2.75, 3.05) is 12.3 Å². The number of nitrogens with two attached hydrogens (primary N) is 1. The van der Waals surface area contributed by atoms with E-state index < -0.39 is 0 Å². The molecule has 1 amide bonds. The average molecular weight is 281 g/mol. The van der Waals surface area contributed by atoms with Crippen LogP contribution in [0.1, 0.15) is 38.2 Å². The Morgan fingerprint density at radius 1 is 1.47 bits per heavy atom. The van der Waals surface area contributed by atoms with Crippen LogP contribution in [0.2, 0.25) is 5.02 Å². The average Bonchev–Trinajstić information content (AvgIpc) is 2.40. The molecule has 0 bridgehead atoms. The lowest BCUT2D eigenvalue weighted by atomic mass is 10.0. The number of anilines is 1. The summed E-state index contributed by atoms with van der Waals surface area (Å²) >= 11 is 5.88. The third-order valence-electron chi connectivity index (χ3n) is 3.81. The van der Waals surface area contributed by atoms with Crippen molar-refractivity contribution in [3.8, 4) is 0 Å². The van der Waals surface area contributed by atoms with Gasteiger partial charge < -0.3 is 10.6 Å². The van der Waals surface area contributed by atoms with Gasteiger partial charge in [-0.2, -0.15) is 0 Å². The third-order valence-corrected chi connectivity index (χ3v) is 4.16. The van der Waals surface area contributed by atoms with Crippen LogP contribution in [0.4, 0.5) is 5.69 Å². The second kappa shape index (κ2) is 6.29. The van der Waals surface area contributed by atoms with Crippen molar-refractivity contribution < 1.29 is 4.79 Å². The second-order valence-corrected chi connectivity index (χ2v) is 5.70. The molecule has 2 rings (SSSR count). The van der Waals surface area contributed by atoms with Crippen molar-refractivity contribution in [3.63, 3.8) is 0 Å². The lowest BCUT2D eigenvalue weighted by molar-refractivity contribution is -0.134. The second-order valence-electron chi connectivity index (χ2n) is 5.29. The zero-order valence-electron chi connectivity index (χ0n) is 11.4. The minimum atomic E-state index is 0.251. The number of halogens is 1. The maximum Gasteiger partial charge on any atom is 0.223 e. The van der Waals surface area contributed by atoms with Gasteiger partial charge in [0.05, 0.1) is 10.7 Å². The Balaban J connectivity index is 1.90. The fourth-order valence-electron chi connectivity index (χ4n) is 2.61. The summed E-state index contributed by atoms with van der Waals surface area (Å²) in [5, 5.41) is 0.569. The lowest BCUT2D eigenvalue weighted by Crippen LogP contribution is -2.42. The van der Waals surface area contributed by atoms with E-state index in [0.717, 1.165) is 31.4 Å². The monoisotopic (exact) mass is 280 g/mol. The van der Waals surface area contributed by atoms with E-state index in [0.29, 0.717) is 23.2 Å². The molecular formula is C15H21ClN2O. The van der Waals surface area contributed by atoms with Gasteiger partial charge in [-0.05, 0) is 50.3 Å². The molecule has 1 saturated heterocycles. The van der Waals surface area contributed by atoms with Crippen molar-refractivity contribution in [2.45, 2.75) is 45.1 Å². The smallest absolute Gasteiger partial charge is 0.223 e. The predicted octanol–water partition coefficient (Wildman–Crippen LogP) is 3.26. The number of hydrogen-bond acceptors (Lipinski definition) is 2. The summed E-state index contributed by atoms with van der Waals surface area (Å²) in [6.07, 6.45) is 4.76. The van der Waals surface area contributed by atoms with E-state index in [1.807, 2.05) is 17.0 Å². The number of aryl methyl sites for hydroxylation is 1. The Morgan fingerprint density at radius 3 is 2.95 bits per heavy atom. The molecule has 1 aliphatic rings. The van der Waals surface area contributed by atoms with Crippen molar-refractivity contribution in [2.24, 2.45) is 0 Å². The molecular weight excluding hydrogens is 260 g/mol. The Labute approximate surface area is 119 Å². The number of carbonyl (C=O) groups is 1. The summed E-state index contributed by atoms with van der Waals surface area (Å²) in [6, 6.07) is 5.97. The molecule has 104 valence electrons. The van der Waals surface area contributed by atoms with Gasteiger partial charge in [0.15, 0.2) is 0 Å². The van der Waals surface area contributed by atoms with Crippen molar-refractivity contribution in [3.05, 3.63) is 28.8 Å². The van der Waals surface area contributed by atoms with Crippen LogP contribution < -0.4 is 5.73 Å². The summed E-state index contributed by atoms with van der Waals surface area (Å²) in [5.41, 5.74) is 7.42. The molecule has 19 heavy (non-hydrogen) atoms. The van der Waals surface area contributed by atoms with E-state index in [2.05, 4.69) is 6.92 Å². The molecule has 0 aromatic heterocycles. The van der Waals surface area contributed by atoms with E-state index in [-0.39, 0.29) is 5.91 Å². The maximum absolute atomic E-state index is 12.2. The standard InChI is InChI=1S/C15H21ClN2O/c1-11-4-2-3-9-18(11)15(19)8-6-12-5-7-13(16)14(17)10-12/h5,7,10-11H,2-4,6,8-9,17H2,1H3. The number of rotatable bonds is 3. The summed E-state index contributed by atoms with van der Waals surface area (Å²) in [6.45, 7) is 3.04. The molecule has 0 spiro atoms. The van der Waals surface area contributed by atoms with Crippen LogP contribution in [0.15, 0.2) is 18.2 Å². The molecule has 1 atom stereocenters. The van der Waals surface area contributed by atoms with Gasteiger partial charge in [0.1, 0.15) is 0 Å². The van der Waals surface area contributed by atoms with Crippen molar-refractivity contribution in [1.29, 1.82) is 0 Å². The minimum absolute atomic E-state index is 0.251. The lowest BCUT2D eigenvalue weighted by Gasteiger charge is -2.33. The highest BCUT2D eigenvalue weighted by atomic mass is 35.5. The summed E-state index contributed by atoms with van der Waals surface area (Å²) in [5.74, 6) is 0.251. The van der Waals surface area contributed by atoms with Gasteiger partial charge >= 0.3 is 0 Å². The minimum Gasteiger partial charge on any atom is -0.398 e. The largest absolute Gasteiger partial charge is 0.398 e. The van der Waals surface area contributed by atoms with Gasteiger partial charge in [0, 0.05) is 19.0 Å². The molecule has 0 saturated carbocycles. The third kappa shape index (κ3) is 3.63. The molecule has 4 heteroatoms. The molecule has 1 aromatic rings. The number of benzene rings is 1. The van der Waals surface area contributed by atoms with Gasteiger partial charge in [-0.25, -0.2) is 0 Å². The molecule has 1 heterocycles. The molecule has 3 nitrogen and oxygen atoms in total. The highest BCUT2D eigenvalue weighted by Crippen LogP contribution is 2.21. The normalized spacial score (nSPS) is 19.5. The zero-order valence-corrected chi connectivity index (χ0v) is 12.1. The van der Waals surface area contributed by atoms with Crippen LogP contribution in [0.25, 0.3) is 0 Å². The van der Waals surface area contributed by atoms with Crippen molar-refractivity contribution in [1.82, 2.24) is 4.90 Å². The van der Waals surface area contributed by atoms with Crippen LogP contribution in [-0.2, 0) is 11.2 Å². The van der Waals surface area contributed by atoms with Gasteiger partial charge in [-0.15, -0.1) is 0 Å². The van der Waals surface area contributed by atoms with E-state index >= 15 is 0 Å². The highest BCUT2D eigenvalue weighted by molar-refractivity contribution is 6.33. The molecule has 1 unspecified atom stereocenters. The first-order valence-electron chi connectivity index (χ1n) is 6.91. The van der Waals surface area contributed by atoms with E-state index in [1.165, 1.54) is 6.42 Å². The summed E-state index contributed by atoms with van der Waals surface area (Å²) in [4.78, 5) is 14.2. The molecule has 1 fully saturated rings. The number of piperidine rings is 1. The molecule has 2 N–H and O–H groups in total. The van der Waals surface area contributed by atoms with Crippen LogP contribution in [0.5, 0.6) is 0 Å². The fourth-order valence-corrected chi connectivity index (χ4v) is 2.73. The fraction of sp³-hybridized carbons (Fsp3) is 0.533. The number of nitrogens with zero attached hydrogens (tertiary/aromatic N) is 1. The number of amides is 1. The first kappa shape index (κ1) is 14.2. The number of likely N-dealkylation sites (tertiary alicyclic amines) is 1. The van der Waals surface area contributed by atoms with Gasteiger partial charge in [-0.1, -0.05) is 17.7 Å². The van der Waals surface area contributed by atoms with Crippen LogP contribution in [0.3, 0.4) is 0 Å². The first-order valence-corrected chi connectivity index (χ1v) is 7.29. The van der Waals surface area contributed by atoms with E-state index in [4.69, 9.17) is 17.3 Å². The van der Waals surface area contributed by atoms with E-state index in [1.54, 1.807) is 6.07 Å². The summed E-state index contributed by atoms with van der Waals surface area (Å²) in [7, 11) is 0. The number of carbonyl (C=O) groups excluding carboxylic acids is 1. The Bertz CT molecular complexity index is 461. The van der Waals surface area contributed by atoms with Crippen LogP contribution in [0, 0.1) is 0 Å². The van der Waals surface area contributed by atoms with Crippen LogP contribution in [-0.4, -0.2) is 23.4 Å². The van der Waals surface area contributed by atoms with E-state index in [9.17, 15) is 4.79 Å². The first-order chi connectivity index (χ1) is 9.08. The topological polar surface area (TPSA) is 46.3 Å². The zero-order chi connectivity index (χ0) is 13.8. The van der Waals surface area contributed by atoms with Gasteiger partial charge in [-0.3, -0.25) is 4.79 Å². The quantitative estimate of drug-likeness (QED) is 0.864. The Kier molecular flexibility index (Phi) is 4.70. The van der Waals surface area contributed by atoms with Gasteiger partial charge in [0.25, 0.3) is 0 Å². The SMILES string of the molecule is CC1CCCCN1C(=O)CCc1ccc(Cl)c(N)c1. The van der Waals surface area contributed by atoms with Crippen LogP contribution >= 0.6 is 11.6 Å². The highest BCUT2D eigenvalue weighted by Gasteiger charge is 2.22. The number of hydrogen-bond donors (Lipinski definition) is 1. The van der Waals surface area contributed by atoms with Crippen molar-refractivity contribution >= 4 is 23.2 Å². The molecule has 1 aromatic carbocycles. The number of nitrogen functional groups attached to an aromatic ring is 1. The molecule has 0 aliphatic carbocycles. The van der Waals surface area contributed by atoms with Gasteiger partial charge in [0.2, 0.25) is 5.91 Å².